The molecule has 90 valence electrons. The zero-order valence-electron chi connectivity index (χ0n) is 9.73. The van der Waals surface area contributed by atoms with Crippen molar-refractivity contribution in [3.63, 3.8) is 0 Å². The number of esters is 2. The summed E-state index contributed by atoms with van der Waals surface area (Å²) < 4.78 is 9.95. The first-order valence-corrected chi connectivity index (χ1v) is 5.00. The minimum atomic E-state index is -0.503. The molecular formula is C12H13NO4. The van der Waals surface area contributed by atoms with Crippen molar-refractivity contribution in [2.75, 3.05) is 0 Å². The lowest BCUT2D eigenvalue weighted by Gasteiger charge is -2.11. The zero-order chi connectivity index (χ0) is 12.8. The van der Waals surface area contributed by atoms with Crippen molar-refractivity contribution in [2.45, 2.75) is 20.3 Å². The van der Waals surface area contributed by atoms with Crippen LogP contribution in [0.25, 0.3) is 0 Å². The summed E-state index contributed by atoms with van der Waals surface area (Å²) in [6.07, 6.45) is 3.51. The van der Waals surface area contributed by atoms with Crippen LogP contribution in [0.3, 0.4) is 0 Å². The van der Waals surface area contributed by atoms with Crippen molar-refractivity contribution in [3.8, 4) is 11.5 Å². The van der Waals surface area contributed by atoms with Crippen LogP contribution in [0.2, 0.25) is 0 Å². The van der Waals surface area contributed by atoms with Crippen molar-refractivity contribution >= 4 is 11.9 Å². The smallest absolute Gasteiger partial charge is 0.308 e. The molecule has 0 spiro atoms. The zero-order valence-corrected chi connectivity index (χ0v) is 9.73. The lowest BCUT2D eigenvalue weighted by atomic mass is 10.2. The van der Waals surface area contributed by atoms with E-state index in [0.29, 0.717) is 12.1 Å². The van der Waals surface area contributed by atoms with Gasteiger partial charge in [-0.1, -0.05) is 6.08 Å². The van der Waals surface area contributed by atoms with Crippen molar-refractivity contribution < 1.29 is 19.1 Å². The molecule has 0 bridgehead atoms. The number of carbonyl (C=O) groups is 2. The minimum absolute atomic E-state index is 0.162. The van der Waals surface area contributed by atoms with E-state index in [4.69, 9.17) is 9.47 Å². The van der Waals surface area contributed by atoms with Gasteiger partial charge in [-0.25, -0.2) is 0 Å². The molecule has 0 saturated heterocycles. The van der Waals surface area contributed by atoms with Crippen LogP contribution in [-0.2, 0) is 16.0 Å². The molecule has 0 unspecified atom stereocenters. The predicted molar refractivity (Wildman–Crippen MR) is 60.8 cm³/mol. The quantitative estimate of drug-likeness (QED) is 0.586. The number of allylic oxidation sites excluding steroid dienone is 1. The maximum absolute atomic E-state index is 11.0. The van der Waals surface area contributed by atoms with Crippen LogP contribution < -0.4 is 9.47 Å². The number of aromatic nitrogens is 1. The third-order valence-corrected chi connectivity index (χ3v) is 1.78. The third kappa shape index (κ3) is 3.71. The molecule has 0 N–H and O–H groups in total. The van der Waals surface area contributed by atoms with Crippen molar-refractivity contribution in [1.29, 1.82) is 0 Å². The summed E-state index contributed by atoms with van der Waals surface area (Å²) in [4.78, 5) is 26.0. The van der Waals surface area contributed by atoms with Gasteiger partial charge >= 0.3 is 11.9 Å². The molecule has 1 rings (SSSR count). The molecule has 5 heteroatoms. The van der Waals surface area contributed by atoms with Gasteiger partial charge in [-0.2, -0.15) is 0 Å². The van der Waals surface area contributed by atoms with Gasteiger partial charge in [0.25, 0.3) is 0 Å². The molecule has 0 aliphatic heterocycles. The van der Waals surface area contributed by atoms with E-state index < -0.39 is 11.9 Å². The van der Waals surface area contributed by atoms with Gasteiger partial charge in [-0.15, -0.1) is 6.58 Å². The Balaban J connectivity index is 3.17. The Morgan fingerprint density at radius 1 is 1.35 bits per heavy atom. The molecule has 0 aromatic carbocycles. The van der Waals surface area contributed by atoms with E-state index >= 15 is 0 Å². The molecule has 1 aromatic rings. The molecule has 0 fully saturated rings. The Labute approximate surface area is 99.1 Å². The SMILES string of the molecule is C=CCc1nccc(OC(C)=O)c1OC(C)=O. The van der Waals surface area contributed by atoms with Crippen LogP contribution in [0.1, 0.15) is 19.5 Å². The van der Waals surface area contributed by atoms with Gasteiger partial charge in [0.2, 0.25) is 0 Å². The number of rotatable bonds is 4. The highest BCUT2D eigenvalue weighted by atomic mass is 16.6. The second-order valence-electron chi connectivity index (χ2n) is 3.26. The van der Waals surface area contributed by atoms with Gasteiger partial charge in [-0.05, 0) is 0 Å². The monoisotopic (exact) mass is 235 g/mol. The van der Waals surface area contributed by atoms with Gasteiger partial charge in [0.15, 0.2) is 11.5 Å². The van der Waals surface area contributed by atoms with Gasteiger partial charge in [0.1, 0.15) is 0 Å². The molecule has 1 aromatic heterocycles. The standard InChI is InChI=1S/C12H13NO4/c1-4-5-10-12(17-9(3)15)11(6-7-13-10)16-8(2)14/h4,6-7H,1,5H2,2-3H3. The van der Waals surface area contributed by atoms with Gasteiger partial charge in [0.05, 0.1) is 5.69 Å². The van der Waals surface area contributed by atoms with Gasteiger partial charge in [0, 0.05) is 32.5 Å². The molecule has 0 atom stereocenters. The maximum Gasteiger partial charge on any atom is 0.308 e. The lowest BCUT2D eigenvalue weighted by molar-refractivity contribution is -0.134. The average Bonchev–Trinajstić information content (AvgIpc) is 2.21. The van der Waals surface area contributed by atoms with Crippen molar-refractivity contribution in [2.24, 2.45) is 0 Å². The van der Waals surface area contributed by atoms with Crippen LogP contribution in [0.15, 0.2) is 24.9 Å². The van der Waals surface area contributed by atoms with E-state index in [9.17, 15) is 9.59 Å². The predicted octanol–water partition coefficient (Wildman–Crippen LogP) is 1.66. The van der Waals surface area contributed by atoms with Crippen LogP contribution in [-0.4, -0.2) is 16.9 Å². The van der Waals surface area contributed by atoms with E-state index in [0.717, 1.165) is 0 Å². The Kier molecular flexibility index (Phi) is 4.39. The highest BCUT2D eigenvalue weighted by molar-refractivity contribution is 5.74. The summed E-state index contributed by atoms with van der Waals surface area (Å²) >= 11 is 0. The highest BCUT2D eigenvalue weighted by Gasteiger charge is 2.15. The van der Waals surface area contributed by atoms with E-state index in [-0.39, 0.29) is 11.5 Å². The fourth-order valence-corrected chi connectivity index (χ4v) is 1.24. The van der Waals surface area contributed by atoms with Gasteiger partial charge in [-0.3, -0.25) is 14.6 Å². The Morgan fingerprint density at radius 2 is 2.00 bits per heavy atom. The van der Waals surface area contributed by atoms with Crippen LogP contribution in [0, 0.1) is 0 Å². The largest absolute Gasteiger partial charge is 0.423 e. The summed E-state index contributed by atoms with van der Waals surface area (Å²) in [6.45, 7) is 6.11. The first kappa shape index (κ1) is 12.9. The van der Waals surface area contributed by atoms with Crippen LogP contribution in [0.5, 0.6) is 11.5 Å². The molecule has 0 saturated carbocycles. The Bertz CT molecular complexity index is 454. The third-order valence-electron chi connectivity index (χ3n) is 1.78. The van der Waals surface area contributed by atoms with Gasteiger partial charge < -0.3 is 9.47 Å². The molecule has 5 nitrogen and oxygen atoms in total. The minimum Gasteiger partial charge on any atom is -0.423 e. The summed E-state index contributed by atoms with van der Waals surface area (Å²) in [7, 11) is 0. The Morgan fingerprint density at radius 3 is 2.53 bits per heavy atom. The van der Waals surface area contributed by atoms with E-state index in [2.05, 4.69) is 11.6 Å². The van der Waals surface area contributed by atoms with E-state index in [1.807, 2.05) is 0 Å². The normalized spacial score (nSPS) is 9.53. The number of carbonyl (C=O) groups excluding carboxylic acids is 2. The number of ether oxygens (including phenoxy) is 2. The van der Waals surface area contributed by atoms with Crippen LogP contribution >= 0.6 is 0 Å². The summed E-state index contributed by atoms with van der Waals surface area (Å²) in [5, 5.41) is 0. The number of hydrogen-bond donors (Lipinski definition) is 0. The molecule has 0 aliphatic carbocycles. The second kappa shape index (κ2) is 5.79. The number of hydrogen-bond acceptors (Lipinski definition) is 5. The van der Waals surface area contributed by atoms with Crippen LogP contribution in [0.4, 0.5) is 0 Å². The number of pyridine rings is 1. The average molecular weight is 235 g/mol. The maximum atomic E-state index is 11.0. The second-order valence-corrected chi connectivity index (χ2v) is 3.26. The molecule has 0 radical (unpaired) electrons. The number of nitrogens with zero attached hydrogens (tertiary/aromatic N) is 1. The van der Waals surface area contributed by atoms with Crippen molar-refractivity contribution in [3.05, 3.63) is 30.6 Å². The first-order chi connectivity index (χ1) is 8.04. The summed E-state index contributed by atoms with van der Waals surface area (Å²) in [6, 6.07) is 1.46. The van der Waals surface area contributed by atoms with Crippen molar-refractivity contribution in [1.82, 2.24) is 4.98 Å². The summed E-state index contributed by atoms with van der Waals surface area (Å²) in [5.74, 6) is -0.652. The Hall–Kier alpha value is -2.17. The lowest BCUT2D eigenvalue weighted by Crippen LogP contribution is -2.09. The molecule has 17 heavy (non-hydrogen) atoms. The summed E-state index contributed by atoms with van der Waals surface area (Å²) in [5.41, 5.74) is 0.494. The molecule has 0 amide bonds. The molecule has 0 aliphatic rings. The highest BCUT2D eigenvalue weighted by Crippen LogP contribution is 2.30. The van der Waals surface area contributed by atoms with E-state index in [1.165, 1.54) is 26.1 Å². The topological polar surface area (TPSA) is 65.5 Å². The van der Waals surface area contributed by atoms with E-state index in [1.54, 1.807) is 6.08 Å². The molecular weight excluding hydrogens is 222 g/mol. The first-order valence-electron chi connectivity index (χ1n) is 5.00. The fraction of sp³-hybridized carbons (Fsp3) is 0.250. The molecule has 1 heterocycles. The fourth-order valence-electron chi connectivity index (χ4n) is 1.24.